The minimum Gasteiger partial charge on any atom is -0.242 e. The van der Waals surface area contributed by atoms with Crippen LogP contribution in [0.15, 0.2) is 60.7 Å². The molecule has 0 aliphatic heterocycles. The minimum atomic E-state index is -0.939. The van der Waals surface area contributed by atoms with Crippen LogP contribution in [0.2, 0.25) is 0 Å². The summed E-state index contributed by atoms with van der Waals surface area (Å²) >= 11 is 0. The summed E-state index contributed by atoms with van der Waals surface area (Å²) in [5.41, 5.74) is 6.76. The van der Waals surface area contributed by atoms with E-state index in [1.54, 1.807) is 0 Å². The molecule has 0 N–H and O–H groups in total. The van der Waals surface area contributed by atoms with E-state index in [1.807, 2.05) is 6.08 Å². The third kappa shape index (κ3) is 5.44. The number of benzene rings is 2. The SMILES string of the molecule is CCCCCCc1ccc(C2=CC=C(c3ccc(CCC)cc3)CC2F)cc1. The summed E-state index contributed by atoms with van der Waals surface area (Å²) in [6.07, 6.45) is 12.1. The second-order valence-corrected chi connectivity index (χ2v) is 7.94. The molecule has 0 amide bonds. The van der Waals surface area contributed by atoms with Crippen LogP contribution in [0.4, 0.5) is 4.39 Å². The van der Waals surface area contributed by atoms with Gasteiger partial charge in [-0.2, -0.15) is 0 Å². The van der Waals surface area contributed by atoms with Crippen LogP contribution < -0.4 is 0 Å². The first-order valence-corrected chi connectivity index (χ1v) is 10.9. The van der Waals surface area contributed by atoms with Crippen molar-refractivity contribution in [2.75, 3.05) is 0 Å². The van der Waals surface area contributed by atoms with Gasteiger partial charge in [0, 0.05) is 6.42 Å². The highest BCUT2D eigenvalue weighted by Crippen LogP contribution is 2.34. The van der Waals surface area contributed by atoms with Gasteiger partial charge in [-0.1, -0.05) is 100 Å². The largest absolute Gasteiger partial charge is 0.242 e. The molecule has 1 aliphatic carbocycles. The molecule has 1 aliphatic rings. The Morgan fingerprint density at radius 3 is 1.96 bits per heavy atom. The Balaban J connectivity index is 1.67. The average Bonchev–Trinajstić information content (AvgIpc) is 2.73. The highest BCUT2D eigenvalue weighted by Gasteiger charge is 2.20. The molecular weight excluding hydrogens is 343 g/mol. The Labute approximate surface area is 170 Å². The van der Waals surface area contributed by atoms with Gasteiger partial charge in [-0.15, -0.1) is 0 Å². The van der Waals surface area contributed by atoms with Gasteiger partial charge in [0.2, 0.25) is 0 Å². The third-order valence-corrected chi connectivity index (χ3v) is 5.67. The van der Waals surface area contributed by atoms with E-state index in [4.69, 9.17) is 0 Å². The standard InChI is InChI=1S/C27H33F/c1-3-5-6-7-9-22-12-16-24(17-13-22)26-19-18-25(20-27(26)28)23-14-10-21(8-4-2)11-15-23/h10-19,27H,3-9,20H2,1-2H3. The van der Waals surface area contributed by atoms with Crippen molar-refractivity contribution in [2.24, 2.45) is 0 Å². The first-order valence-electron chi connectivity index (χ1n) is 10.9. The summed E-state index contributed by atoms with van der Waals surface area (Å²) in [6, 6.07) is 17.1. The quantitative estimate of drug-likeness (QED) is 0.389. The molecule has 1 unspecified atom stereocenters. The number of aryl methyl sites for hydroxylation is 2. The van der Waals surface area contributed by atoms with Crippen LogP contribution >= 0.6 is 0 Å². The second kappa shape index (κ2) is 10.4. The van der Waals surface area contributed by atoms with Gasteiger partial charge in [0.15, 0.2) is 0 Å². The zero-order chi connectivity index (χ0) is 19.8. The molecule has 0 fully saturated rings. The summed E-state index contributed by atoms with van der Waals surface area (Å²) in [5, 5.41) is 0. The van der Waals surface area contributed by atoms with E-state index in [1.165, 1.54) is 36.8 Å². The van der Waals surface area contributed by atoms with Crippen molar-refractivity contribution in [1.82, 2.24) is 0 Å². The Hall–Kier alpha value is -2.15. The monoisotopic (exact) mass is 376 g/mol. The van der Waals surface area contributed by atoms with Crippen molar-refractivity contribution in [3.63, 3.8) is 0 Å². The number of rotatable bonds is 9. The highest BCUT2D eigenvalue weighted by molar-refractivity contribution is 5.80. The fourth-order valence-electron chi connectivity index (χ4n) is 3.95. The summed E-state index contributed by atoms with van der Waals surface area (Å²) in [5.74, 6) is 0. The summed E-state index contributed by atoms with van der Waals surface area (Å²) in [7, 11) is 0. The Kier molecular flexibility index (Phi) is 7.65. The van der Waals surface area contributed by atoms with Crippen LogP contribution in [0.3, 0.4) is 0 Å². The van der Waals surface area contributed by atoms with Gasteiger partial charge in [0.25, 0.3) is 0 Å². The van der Waals surface area contributed by atoms with Gasteiger partial charge >= 0.3 is 0 Å². The first-order chi connectivity index (χ1) is 13.7. The normalized spacial score (nSPS) is 16.6. The third-order valence-electron chi connectivity index (χ3n) is 5.67. The Morgan fingerprint density at radius 1 is 0.714 bits per heavy atom. The molecule has 0 nitrogen and oxygen atoms in total. The van der Waals surface area contributed by atoms with E-state index in [-0.39, 0.29) is 0 Å². The second-order valence-electron chi connectivity index (χ2n) is 7.94. The number of halogens is 1. The predicted octanol–water partition coefficient (Wildman–Crippen LogP) is 7.97. The molecule has 0 bridgehead atoms. The molecule has 0 saturated heterocycles. The van der Waals surface area contributed by atoms with Gasteiger partial charge in [-0.25, -0.2) is 4.39 Å². The lowest BCUT2D eigenvalue weighted by Crippen LogP contribution is -2.08. The minimum absolute atomic E-state index is 0.456. The van der Waals surface area contributed by atoms with E-state index in [2.05, 4.69) is 68.5 Å². The van der Waals surface area contributed by atoms with E-state index in [9.17, 15) is 4.39 Å². The molecule has 0 saturated carbocycles. The van der Waals surface area contributed by atoms with Crippen LogP contribution in [0.5, 0.6) is 0 Å². The van der Waals surface area contributed by atoms with Crippen molar-refractivity contribution in [3.05, 3.63) is 82.9 Å². The zero-order valence-electron chi connectivity index (χ0n) is 17.4. The fraction of sp³-hybridized carbons (Fsp3) is 0.407. The van der Waals surface area contributed by atoms with E-state index in [0.29, 0.717) is 6.42 Å². The van der Waals surface area contributed by atoms with Crippen molar-refractivity contribution in [1.29, 1.82) is 0 Å². The van der Waals surface area contributed by atoms with Gasteiger partial charge in [0.1, 0.15) is 6.17 Å². The lowest BCUT2D eigenvalue weighted by atomic mass is 9.88. The summed E-state index contributed by atoms with van der Waals surface area (Å²) < 4.78 is 14.9. The maximum Gasteiger partial charge on any atom is 0.130 e. The number of hydrogen-bond donors (Lipinski definition) is 0. The molecule has 2 aromatic carbocycles. The van der Waals surface area contributed by atoms with E-state index >= 15 is 0 Å². The molecule has 0 aromatic heterocycles. The van der Waals surface area contributed by atoms with Gasteiger partial charge in [-0.3, -0.25) is 0 Å². The topological polar surface area (TPSA) is 0 Å². The van der Waals surface area contributed by atoms with Gasteiger partial charge in [0.05, 0.1) is 0 Å². The van der Waals surface area contributed by atoms with Crippen molar-refractivity contribution < 1.29 is 4.39 Å². The molecule has 3 rings (SSSR count). The van der Waals surface area contributed by atoms with Gasteiger partial charge < -0.3 is 0 Å². The van der Waals surface area contributed by atoms with Crippen LogP contribution in [0.25, 0.3) is 11.1 Å². The molecule has 28 heavy (non-hydrogen) atoms. The molecule has 1 heteroatoms. The van der Waals surface area contributed by atoms with Crippen molar-refractivity contribution in [3.8, 4) is 0 Å². The molecule has 0 spiro atoms. The molecule has 1 atom stereocenters. The average molecular weight is 377 g/mol. The molecule has 0 radical (unpaired) electrons. The van der Waals surface area contributed by atoms with E-state index < -0.39 is 6.17 Å². The number of alkyl halides is 1. The number of hydrogen-bond acceptors (Lipinski definition) is 0. The molecule has 2 aromatic rings. The number of unbranched alkanes of at least 4 members (excludes halogenated alkanes) is 3. The lowest BCUT2D eigenvalue weighted by Gasteiger charge is -2.20. The summed E-state index contributed by atoms with van der Waals surface area (Å²) in [4.78, 5) is 0. The van der Waals surface area contributed by atoms with Crippen molar-refractivity contribution in [2.45, 2.75) is 71.4 Å². The van der Waals surface area contributed by atoms with Crippen LogP contribution in [-0.2, 0) is 12.8 Å². The maximum atomic E-state index is 14.9. The Bertz CT molecular complexity index is 793. The highest BCUT2D eigenvalue weighted by atomic mass is 19.1. The molecule has 0 heterocycles. The van der Waals surface area contributed by atoms with Crippen LogP contribution in [0.1, 0.15) is 74.6 Å². The lowest BCUT2D eigenvalue weighted by molar-refractivity contribution is 0.418. The van der Waals surface area contributed by atoms with Crippen molar-refractivity contribution >= 4 is 11.1 Å². The van der Waals surface area contributed by atoms with Crippen LogP contribution in [0, 0.1) is 0 Å². The predicted molar refractivity (Wildman–Crippen MR) is 120 cm³/mol. The zero-order valence-corrected chi connectivity index (χ0v) is 17.4. The first kappa shape index (κ1) is 20.6. The molecule has 148 valence electrons. The van der Waals surface area contributed by atoms with Gasteiger partial charge in [-0.05, 0) is 52.7 Å². The Morgan fingerprint density at radius 2 is 1.36 bits per heavy atom. The fourth-order valence-corrected chi connectivity index (χ4v) is 3.95. The summed E-state index contributed by atoms with van der Waals surface area (Å²) in [6.45, 7) is 4.43. The molecular formula is C27H33F. The maximum absolute atomic E-state index is 14.9. The number of allylic oxidation sites excluding steroid dienone is 4. The smallest absolute Gasteiger partial charge is 0.130 e. The van der Waals surface area contributed by atoms with Crippen LogP contribution in [-0.4, -0.2) is 6.17 Å². The van der Waals surface area contributed by atoms with E-state index in [0.717, 1.165) is 41.5 Å².